The summed E-state index contributed by atoms with van der Waals surface area (Å²) in [6, 6.07) is 5.72. The average molecular weight is 332 g/mol. The molecule has 3 atom stereocenters. The summed E-state index contributed by atoms with van der Waals surface area (Å²) < 4.78 is 0.977. The number of aliphatic hydroxyl groups excluding tert-OH is 1. The summed E-state index contributed by atoms with van der Waals surface area (Å²) in [6.45, 7) is 2.22. The van der Waals surface area contributed by atoms with Gasteiger partial charge in [0.15, 0.2) is 0 Å². The Labute approximate surface area is 123 Å². The lowest BCUT2D eigenvalue weighted by atomic mass is 9.73. The van der Waals surface area contributed by atoms with Gasteiger partial charge in [-0.05, 0) is 36.5 Å². The Bertz CT molecular complexity index is 407. The van der Waals surface area contributed by atoms with E-state index < -0.39 is 6.10 Å². The van der Waals surface area contributed by atoms with Crippen molar-refractivity contribution in [2.24, 2.45) is 11.8 Å². The van der Waals surface area contributed by atoms with Crippen LogP contribution in [0.1, 0.15) is 50.7 Å². The highest BCUT2D eigenvalue weighted by Crippen LogP contribution is 2.42. The third-order valence-electron chi connectivity index (χ3n) is 4.17. The van der Waals surface area contributed by atoms with Gasteiger partial charge in [-0.1, -0.05) is 60.1 Å². The van der Waals surface area contributed by atoms with Crippen LogP contribution >= 0.6 is 27.5 Å². The van der Waals surface area contributed by atoms with Gasteiger partial charge in [0.2, 0.25) is 0 Å². The molecule has 18 heavy (non-hydrogen) atoms. The highest BCUT2D eigenvalue weighted by molar-refractivity contribution is 9.10. The van der Waals surface area contributed by atoms with Crippen molar-refractivity contribution in [3.05, 3.63) is 33.3 Å². The second-order valence-corrected chi connectivity index (χ2v) is 6.55. The number of hydrogen-bond donors (Lipinski definition) is 1. The van der Waals surface area contributed by atoms with Crippen LogP contribution in [0.2, 0.25) is 5.02 Å². The zero-order valence-corrected chi connectivity index (χ0v) is 13.0. The summed E-state index contributed by atoms with van der Waals surface area (Å²) in [6.07, 6.45) is 5.59. The highest BCUT2D eigenvalue weighted by atomic mass is 79.9. The number of aliphatic hydroxyl groups is 1. The van der Waals surface area contributed by atoms with E-state index in [2.05, 4.69) is 22.9 Å². The number of halogens is 2. The first-order valence-electron chi connectivity index (χ1n) is 6.76. The Hall–Kier alpha value is -0.0500. The number of hydrogen-bond acceptors (Lipinski definition) is 1. The maximum absolute atomic E-state index is 10.6. The van der Waals surface area contributed by atoms with Crippen LogP contribution in [-0.2, 0) is 0 Å². The SMILES string of the molecule is CCC1CCCCC1C(O)c1cc(Br)ccc1Cl. The Morgan fingerprint density at radius 3 is 2.83 bits per heavy atom. The molecule has 1 aromatic carbocycles. The summed E-state index contributed by atoms with van der Waals surface area (Å²) in [7, 11) is 0. The van der Waals surface area contributed by atoms with Crippen molar-refractivity contribution in [3.63, 3.8) is 0 Å². The van der Waals surface area contributed by atoms with E-state index in [1.54, 1.807) is 0 Å². The molecule has 1 nitrogen and oxygen atoms in total. The molecule has 0 saturated heterocycles. The van der Waals surface area contributed by atoms with E-state index in [0.717, 1.165) is 22.9 Å². The van der Waals surface area contributed by atoms with Crippen LogP contribution in [0.5, 0.6) is 0 Å². The minimum Gasteiger partial charge on any atom is -0.388 e. The van der Waals surface area contributed by atoms with Gasteiger partial charge in [-0.15, -0.1) is 0 Å². The largest absolute Gasteiger partial charge is 0.388 e. The maximum atomic E-state index is 10.6. The first kappa shape index (κ1) is 14.4. The molecule has 3 heteroatoms. The molecule has 1 saturated carbocycles. The Morgan fingerprint density at radius 2 is 2.11 bits per heavy atom. The predicted octanol–water partition coefficient (Wildman–Crippen LogP) is 5.35. The molecule has 0 aromatic heterocycles. The van der Waals surface area contributed by atoms with Crippen LogP contribution in [0, 0.1) is 11.8 Å². The molecule has 0 radical (unpaired) electrons. The van der Waals surface area contributed by atoms with Crippen molar-refractivity contribution in [1.29, 1.82) is 0 Å². The second kappa shape index (κ2) is 6.40. The van der Waals surface area contributed by atoms with Gasteiger partial charge in [0.05, 0.1) is 6.10 Å². The lowest BCUT2D eigenvalue weighted by Gasteiger charge is -2.34. The van der Waals surface area contributed by atoms with Gasteiger partial charge in [-0.3, -0.25) is 0 Å². The third kappa shape index (κ3) is 3.09. The maximum Gasteiger partial charge on any atom is 0.0835 e. The molecular formula is C15H20BrClO. The minimum atomic E-state index is -0.430. The Balaban J connectivity index is 2.23. The molecule has 0 amide bonds. The lowest BCUT2D eigenvalue weighted by molar-refractivity contribution is 0.0452. The highest BCUT2D eigenvalue weighted by Gasteiger charge is 2.31. The molecule has 1 fully saturated rings. The van der Waals surface area contributed by atoms with Crippen molar-refractivity contribution in [2.45, 2.75) is 45.1 Å². The quantitative estimate of drug-likeness (QED) is 0.791. The smallest absolute Gasteiger partial charge is 0.0835 e. The second-order valence-electron chi connectivity index (χ2n) is 5.23. The topological polar surface area (TPSA) is 20.2 Å². The zero-order chi connectivity index (χ0) is 13.1. The van der Waals surface area contributed by atoms with Crippen LogP contribution in [0.4, 0.5) is 0 Å². The fourth-order valence-corrected chi connectivity index (χ4v) is 3.74. The first-order valence-corrected chi connectivity index (χ1v) is 7.93. The van der Waals surface area contributed by atoms with Crippen LogP contribution in [0.3, 0.4) is 0 Å². The molecule has 2 rings (SSSR count). The van der Waals surface area contributed by atoms with E-state index in [4.69, 9.17) is 11.6 Å². The van der Waals surface area contributed by atoms with Gasteiger partial charge in [0.25, 0.3) is 0 Å². The van der Waals surface area contributed by atoms with Crippen LogP contribution in [0.25, 0.3) is 0 Å². The van der Waals surface area contributed by atoms with Gasteiger partial charge in [0, 0.05) is 15.1 Å². The molecule has 0 heterocycles. The number of benzene rings is 1. The van der Waals surface area contributed by atoms with E-state index in [1.807, 2.05) is 18.2 Å². The van der Waals surface area contributed by atoms with Gasteiger partial charge >= 0.3 is 0 Å². The molecule has 1 aliphatic carbocycles. The first-order chi connectivity index (χ1) is 8.63. The zero-order valence-electron chi connectivity index (χ0n) is 10.7. The number of rotatable bonds is 3. The van der Waals surface area contributed by atoms with E-state index >= 15 is 0 Å². The van der Waals surface area contributed by atoms with E-state index in [9.17, 15) is 5.11 Å². The molecule has 1 aliphatic rings. The van der Waals surface area contributed by atoms with E-state index in [0.29, 0.717) is 16.9 Å². The summed E-state index contributed by atoms with van der Waals surface area (Å²) in [5, 5.41) is 11.3. The summed E-state index contributed by atoms with van der Waals surface area (Å²) in [4.78, 5) is 0. The Kier molecular flexibility index (Phi) is 5.11. The molecule has 1 N–H and O–H groups in total. The summed E-state index contributed by atoms with van der Waals surface area (Å²) in [5.74, 6) is 0.986. The molecule has 3 unspecified atom stereocenters. The standard InChI is InChI=1S/C15H20BrClO/c1-2-10-5-3-4-6-12(10)15(18)13-9-11(16)7-8-14(13)17/h7-10,12,15,18H,2-6H2,1H3. The van der Waals surface area contributed by atoms with E-state index in [1.165, 1.54) is 19.3 Å². The van der Waals surface area contributed by atoms with Crippen molar-refractivity contribution in [1.82, 2.24) is 0 Å². The molecule has 0 spiro atoms. The fourth-order valence-electron chi connectivity index (χ4n) is 3.13. The summed E-state index contributed by atoms with van der Waals surface area (Å²) in [5.41, 5.74) is 0.872. The molecule has 100 valence electrons. The molecule has 0 bridgehead atoms. The van der Waals surface area contributed by atoms with Crippen molar-refractivity contribution < 1.29 is 5.11 Å². The van der Waals surface area contributed by atoms with E-state index in [-0.39, 0.29) is 0 Å². The van der Waals surface area contributed by atoms with Crippen LogP contribution in [0.15, 0.2) is 22.7 Å². The van der Waals surface area contributed by atoms with Crippen LogP contribution < -0.4 is 0 Å². The average Bonchev–Trinajstić information content (AvgIpc) is 2.40. The van der Waals surface area contributed by atoms with Crippen molar-refractivity contribution in [3.8, 4) is 0 Å². The van der Waals surface area contributed by atoms with Crippen molar-refractivity contribution in [2.75, 3.05) is 0 Å². The lowest BCUT2D eigenvalue weighted by Crippen LogP contribution is -2.25. The third-order valence-corrected chi connectivity index (χ3v) is 5.01. The van der Waals surface area contributed by atoms with Gasteiger partial charge < -0.3 is 5.11 Å². The molecule has 0 aliphatic heterocycles. The molecule has 1 aromatic rings. The van der Waals surface area contributed by atoms with Gasteiger partial charge in [-0.25, -0.2) is 0 Å². The predicted molar refractivity (Wildman–Crippen MR) is 79.9 cm³/mol. The monoisotopic (exact) mass is 330 g/mol. The van der Waals surface area contributed by atoms with Gasteiger partial charge in [-0.2, -0.15) is 0 Å². The summed E-state index contributed by atoms with van der Waals surface area (Å²) >= 11 is 9.67. The Morgan fingerprint density at radius 1 is 1.39 bits per heavy atom. The molecular weight excluding hydrogens is 312 g/mol. The van der Waals surface area contributed by atoms with Crippen molar-refractivity contribution >= 4 is 27.5 Å². The van der Waals surface area contributed by atoms with Gasteiger partial charge in [0.1, 0.15) is 0 Å². The fraction of sp³-hybridized carbons (Fsp3) is 0.600. The van der Waals surface area contributed by atoms with Crippen LogP contribution in [-0.4, -0.2) is 5.11 Å². The normalized spacial score (nSPS) is 26.0. The minimum absolute atomic E-state index is 0.357.